The number of alkyl halides is 3. The number of hydrogen-bond acceptors (Lipinski definition) is 5. The number of aromatic nitrogens is 1. The Kier molecular flexibility index (Phi) is 4.65. The van der Waals surface area contributed by atoms with Crippen LogP contribution in [-0.4, -0.2) is 23.9 Å². The smallest absolute Gasteiger partial charge is 0.462 e. The predicted molar refractivity (Wildman–Crippen MR) is 54.7 cm³/mol. The molecule has 2 N–H and O–H groups in total. The first kappa shape index (κ1) is 15.2. The van der Waals surface area contributed by atoms with E-state index in [0.29, 0.717) is 6.07 Å². The Morgan fingerprint density at radius 2 is 2.11 bits per heavy atom. The lowest BCUT2D eigenvalue weighted by molar-refractivity contribution is -0.274. The molecule has 9 heteroatoms. The monoisotopic (exact) mass is 282 g/mol. The zero-order valence-corrected chi connectivity index (χ0v) is 9.75. The van der Waals surface area contributed by atoms with Gasteiger partial charge in [-0.15, -0.1) is 13.2 Å². The van der Waals surface area contributed by atoms with E-state index in [1.807, 2.05) is 0 Å². The lowest BCUT2D eigenvalue weighted by atomic mass is 10.1. The fourth-order valence-electron chi connectivity index (χ4n) is 1.31. The summed E-state index contributed by atoms with van der Waals surface area (Å²) in [6.45, 7) is 0.938. The first-order valence-corrected chi connectivity index (χ1v) is 5.10. The molecular formula is C10H10F4N2O3. The summed E-state index contributed by atoms with van der Waals surface area (Å²) in [6, 6.07) is 0.346. The van der Waals surface area contributed by atoms with Gasteiger partial charge in [0.2, 0.25) is 5.95 Å². The van der Waals surface area contributed by atoms with Crippen LogP contribution in [0.4, 0.5) is 17.6 Å². The molecule has 0 aliphatic heterocycles. The van der Waals surface area contributed by atoms with Gasteiger partial charge in [0.15, 0.2) is 5.75 Å². The average Bonchev–Trinajstić information content (AvgIpc) is 2.25. The molecule has 1 heterocycles. The van der Waals surface area contributed by atoms with Crippen molar-refractivity contribution in [1.82, 2.24) is 4.98 Å². The molecule has 0 amide bonds. The second-order valence-electron chi connectivity index (χ2n) is 3.24. The molecule has 0 saturated heterocycles. The van der Waals surface area contributed by atoms with Crippen LogP contribution in [0.5, 0.6) is 5.75 Å². The fraction of sp³-hybridized carbons (Fsp3) is 0.400. The zero-order valence-electron chi connectivity index (χ0n) is 9.75. The maximum absolute atomic E-state index is 13.1. The van der Waals surface area contributed by atoms with E-state index in [9.17, 15) is 22.4 Å². The Hall–Kier alpha value is -1.90. The van der Waals surface area contributed by atoms with E-state index < -0.39 is 36.1 Å². The minimum atomic E-state index is -5.08. The van der Waals surface area contributed by atoms with Crippen molar-refractivity contribution in [3.05, 3.63) is 23.3 Å². The van der Waals surface area contributed by atoms with Gasteiger partial charge >= 0.3 is 12.3 Å². The Bertz CT molecular complexity index is 477. The quantitative estimate of drug-likeness (QED) is 0.517. The second-order valence-corrected chi connectivity index (χ2v) is 3.24. The minimum absolute atomic E-state index is 0.0777. The molecule has 1 aromatic rings. The SMILES string of the molecule is CCOC(=O)c1c(OC(F)(F)F)cc(F)nc1CN. The van der Waals surface area contributed by atoms with Crippen molar-refractivity contribution in [3.63, 3.8) is 0 Å². The van der Waals surface area contributed by atoms with Gasteiger partial charge in [0.1, 0.15) is 5.56 Å². The van der Waals surface area contributed by atoms with Crippen LogP contribution in [0.25, 0.3) is 0 Å². The van der Waals surface area contributed by atoms with E-state index in [1.165, 1.54) is 6.92 Å². The summed E-state index contributed by atoms with van der Waals surface area (Å²) in [5.41, 5.74) is 4.20. The molecule has 0 fully saturated rings. The van der Waals surface area contributed by atoms with E-state index in [0.717, 1.165) is 0 Å². The van der Waals surface area contributed by atoms with Gasteiger partial charge in [0.25, 0.3) is 0 Å². The number of nitrogens with two attached hydrogens (primary N) is 1. The van der Waals surface area contributed by atoms with E-state index in [2.05, 4.69) is 14.5 Å². The van der Waals surface area contributed by atoms with Crippen LogP contribution in [0.2, 0.25) is 0 Å². The molecule has 0 aliphatic rings. The summed E-state index contributed by atoms with van der Waals surface area (Å²) in [5, 5.41) is 0. The Morgan fingerprint density at radius 3 is 2.58 bits per heavy atom. The Labute approximate surface area is 105 Å². The lowest BCUT2D eigenvalue weighted by Crippen LogP contribution is -2.22. The number of hydrogen-bond donors (Lipinski definition) is 1. The average molecular weight is 282 g/mol. The van der Waals surface area contributed by atoms with Crippen molar-refractivity contribution < 1.29 is 31.8 Å². The van der Waals surface area contributed by atoms with Crippen molar-refractivity contribution in [3.8, 4) is 5.75 Å². The molecule has 1 rings (SSSR count). The fourth-order valence-corrected chi connectivity index (χ4v) is 1.31. The molecule has 0 aromatic carbocycles. The zero-order chi connectivity index (χ0) is 14.6. The molecule has 0 radical (unpaired) electrons. The Morgan fingerprint density at radius 1 is 1.47 bits per heavy atom. The topological polar surface area (TPSA) is 74.4 Å². The van der Waals surface area contributed by atoms with Crippen LogP contribution in [0.15, 0.2) is 6.07 Å². The molecule has 19 heavy (non-hydrogen) atoms. The summed E-state index contributed by atoms with van der Waals surface area (Å²) in [7, 11) is 0. The van der Waals surface area contributed by atoms with Gasteiger partial charge < -0.3 is 15.2 Å². The van der Waals surface area contributed by atoms with Crippen LogP contribution >= 0.6 is 0 Å². The summed E-state index contributed by atoms with van der Waals surface area (Å²) in [5.74, 6) is -3.39. The van der Waals surface area contributed by atoms with Gasteiger partial charge in [-0.1, -0.05) is 0 Å². The van der Waals surface area contributed by atoms with Gasteiger partial charge in [-0.25, -0.2) is 9.78 Å². The third-order valence-electron chi connectivity index (χ3n) is 1.93. The maximum atomic E-state index is 13.1. The van der Waals surface area contributed by atoms with Crippen LogP contribution in [-0.2, 0) is 11.3 Å². The number of rotatable bonds is 4. The van der Waals surface area contributed by atoms with Crippen LogP contribution in [0, 0.1) is 5.95 Å². The van der Waals surface area contributed by atoms with Crippen LogP contribution < -0.4 is 10.5 Å². The summed E-state index contributed by atoms with van der Waals surface area (Å²) < 4.78 is 57.8. The van der Waals surface area contributed by atoms with Crippen molar-refractivity contribution in [2.45, 2.75) is 19.8 Å². The van der Waals surface area contributed by atoms with E-state index in [-0.39, 0.29) is 12.3 Å². The largest absolute Gasteiger partial charge is 0.573 e. The molecule has 1 aromatic heterocycles. The standard InChI is InChI=1S/C10H10F4N2O3/c1-2-18-9(17)8-5(4-15)16-7(11)3-6(8)19-10(12,13)14/h3H,2,4,15H2,1H3. The van der Waals surface area contributed by atoms with Crippen molar-refractivity contribution in [2.75, 3.05) is 6.61 Å². The predicted octanol–water partition coefficient (Wildman–Crippen LogP) is 1.75. The molecule has 5 nitrogen and oxygen atoms in total. The molecule has 0 spiro atoms. The van der Waals surface area contributed by atoms with Crippen molar-refractivity contribution >= 4 is 5.97 Å². The third kappa shape index (κ3) is 4.05. The van der Waals surface area contributed by atoms with Crippen molar-refractivity contribution in [1.29, 1.82) is 0 Å². The number of ether oxygens (including phenoxy) is 2. The number of pyridine rings is 1. The van der Waals surface area contributed by atoms with Crippen LogP contribution in [0.1, 0.15) is 23.0 Å². The summed E-state index contributed by atoms with van der Waals surface area (Å²) in [4.78, 5) is 14.8. The van der Waals surface area contributed by atoms with Gasteiger partial charge in [0.05, 0.1) is 12.3 Å². The van der Waals surface area contributed by atoms with Gasteiger partial charge in [-0.3, -0.25) is 0 Å². The first-order valence-electron chi connectivity index (χ1n) is 5.10. The molecule has 0 unspecified atom stereocenters. The number of esters is 1. The van der Waals surface area contributed by atoms with E-state index in [4.69, 9.17) is 5.73 Å². The molecule has 0 bridgehead atoms. The number of nitrogens with zero attached hydrogens (tertiary/aromatic N) is 1. The molecular weight excluding hydrogens is 272 g/mol. The van der Waals surface area contributed by atoms with Gasteiger partial charge in [-0.05, 0) is 6.92 Å². The molecule has 0 saturated carbocycles. The number of halogens is 4. The number of carbonyl (C=O) groups is 1. The van der Waals surface area contributed by atoms with E-state index in [1.54, 1.807) is 0 Å². The highest BCUT2D eigenvalue weighted by molar-refractivity contribution is 5.93. The highest BCUT2D eigenvalue weighted by atomic mass is 19.4. The molecule has 106 valence electrons. The summed E-state index contributed by atoms with van der Waals surface area (Å²) in [6.07, 6.45) is -5.08. The van der Waals surface area contributed by atoms with E-state index >= 15 is 0 Å². The second kappa shape index (κ2) is 5.83. The Balaban J connectivity index is 3.33. The van der Waals surface area contributed by atoms with Crippen molar-refractivity contribution in [2.24, 2.45) is 5.73 Å². The highest BCUT2D eigenvalue weighted by Gasteiger charge is 2.34. The lowest BCUT2D eigenvalue weighted by Gasteiger charge is -2.14. The molecule has 0 aliphatic carbocycles. The van der Waals surface area contributed by atoms with Gasteiger partial charge in [-0.2, -0.15) is 4.39 Å². The van der Waals surface area contributed by atoms with Gasteiger partial charge in [0, 0.05) is 12.6 Å². The first-order chi connectivity index (χ1) is 8.78. The highest BCUT2D eigenvalue weighted by Crippen LogP contribution is 2.29. The maximum Gasteiger partial charge on any atom is 0.573 e. The number of carbonyl (C=O) groups excluding carboxylic acids is 1. The minimum Gasteiger partial charge on any atom is -0.462 e. The normalized spacial score (nSPS) is 11.3. The van der Waals surface area contributed by atoms with Crippen LogP contribution in [0.3, 0.4) is 0 Å². The third-order valence-corrected chi connectivity index (χ3v) is 1.93. The summed E-state index contributed by atoms with van der Waals surface area (Å²) >= 11 is 0. The molecule has 0 atom stereocenters.